The number of anilines is 1. The van der Waals surface area contributed by atoms with Gasteiger partial charge in [0.1, 0.15) is 5.82 Å². The summed E-state index contributed by atoms with van der Waals surface area (Å²) in [6.07, 6.45) is 0. The van der Waals surface area contributed by atoms with Crippen LogP contribution in [-0.4, -0.2) is 31.7 Å². The minimum absolute atomic E-state index is 0.0701. The molecule has 2 rings (SSSR count). The van der Waals surface area contributed by atoms with Gasteiger partial charge in [-0.25, -0.2) is 12.8 Å². The monoisotopic (exact) mass is 406 g/mol. The first-order valence-electron chi connectivity index (χ1n) is 9.27. The Morgan fingerprint density at radius 3 is 2.00 bits per heavy atom. The van der Waals surface area contributed by atoms with E-state index in [0.29, 0.717) is 18.8 Å². The summed E-state index contributed by atoms with van der Waals surface area (Å²) in [6.45, 7) is 8.78. The highest BCUT2D eigenvalue weighted by Gasteiger charge is 2.25. The van der Waals surface area contributed by atoms with Crippen LogP contribution in [0.1, 0.15) is 38.1 Å². The number of carbonyl (C=O) groups excluding carboxylic acids is 1. The number of nitrogens with zero attached hydrogens (tertiary/aromatic N) is 1. The number of rotatable bonds is 8. The third kappa shape index (κ3) is 5.62. The summed E-state index contributed by atoms with van der Waals surface area (Å²) >= 11 is 0. The molecule has 0 saturated heterocycles. The summed E-state index contributed by atoms with van der Waals surface area (Å²) in [5.41, 5.74) is 0.325. The Balaban J connectivity index is 2.20. The van der Waals surface area contributed by atoms with E-state index in [1.807, 2.05) is 27.7 Å². The van der Waals surface area contributed by atoms with Crippen LogP contribution in [-0.2, 0) is 10.0 Å². The fourth-order valence-corrected chi connectivity index (χ4v) is 4.56. The Morgan fingerprint density at radius 1 is 0.964 bits per heavy atom. The zero-order valence-electron chi connectivity index (χ0n) is 16.6. The van der Waals surface area contributed by atoms with Crippen molar-refractivity contribution in [2.75, 3.05) is 18.4 Å². The van der Waals surface area contributed by atoms with E-state index in [1.165, 1.54) is 46.8 Å². The minimum Gasteiger partial charge on any atom is -0.322 e. The standard InChI is InChI=1S/C21H27FN2O3S/c1-15(2)13-24(14-16(3)4)28(26,27)18-11-9-17(10-12-18)23-21(25)19-7-5-6-8-20(19)22/h5-12,15-16H,13-14H2,1-4H3,(H,23,25). The second-order valence-electron chi connectivity index (χ2n) is 7.57. The Morgan fingerprint density at radius 2 is 1.50 bits per heavy atom. The first-order chi connectivity index (χ1) is 13.1. The van der Waals surface area contributed by atoms with Crippen LogP contribution in [0.3, 0.4) is 0 Å². The molecule has 152 valence electrons. The van der Waals surface area contributed by atoms with Crippen LogP contribution < -0.4 is 5.32 Å². The van der Waals surface area contributed by atoms with E-state index in [2.05, 4.69) is 5.32 Å². The van der Waals surface area contributed by atoms with Gasteiger partial charge in [0.15, 0.2) is 0 Å². The van der Waals surface area contributed by atoms with E-state index in [-0.39, 0.29) is 22.3 Å². The van der Waals surface area contributed by atoms with Gasteiger partial charge in [-0.1, -0.05) is 39.8 Å². The van der Waals surface area contributed by atoms with Gasteiger partial charge >= 0.3 is 0 Å². The van der Waals surface area contributed by atoms with Gasteiger partial charge in [0.2, 0.25) is 10.0 Å². The van der Waals surface area contributed by atoms with Crippen LogP contribution in [0.25, 0.3) is 0 Å². The van der Waals surface area contributed by atoms with Gasteiger partial charge in [-0.05, 0) is 48.2 Å². The van der Waals surface area contributed by atoms with Crippen molar-refractivity contribution >= 4 is 21.6 Å². The number of amides is 1. The number of benzene rings is 2. The molecule has 0 aliphatic heterocycles. The highest BCUT2D eigenvalue weighted by atomic mass is 32.2. The molecule has 0 atom stereocenters. The second-order valence-corrected chi connectivity index (χ2v) is 9.51. The molecule has 0 bridgehead atoms. The average Bonchev–Trinajstić information content (AvgIpc) is 2.61. The molecule has 0 heterocycles. The summed E-state index contributed by atoms with van der Waals surface area (Å²) in [6, 6.07) is 11.6. The molecule has 0 spiro atoms. The maximum atomic E-state index is 13.7. The Labute approximate surface area is 166 Å². The van der Waals surface area contributed by atoms with Crippen molar-refractivity contribution in [2.45, 2.75) is 32.6 Å². The van der Waals surface area contributed by atoms with Crippen LogP contribution in [0.2, 0.25) is 0 Å². The number of nitrogens with one attached hydrogen (secondary N) is 1. The largest absolute Gasteiger partial charge is 0.322 e. The van der Waals surface area contributed by atoms with Crippen molar-refractivity contribution in [3.05, 3.63) is 59.9 Å². The van der Waals surface area contributed by atoms with Crippen LogP contribution in [0, 0.1) is 17.7 Å². The van der Waals surface area contributed by atoms with E-state index in [0.717, 1.165) is 0 Å². The molecule has 0 aliphatic carbocycles. The van der Waals surface area contributed by atoms with Crippen molar-refractivity contribution in [1.82, 2.24) is 4.31 Å². The van der Waals surface area contributed by atoms with Crippen LogP contribution >= 0.6 is 0 Å². The van der Waals surface area contributed by atoms with Gasteiger partial charge in [-0.15, -0.1) is 0 Å². The first-order valence-corrected chi connectivity index (χ1v) is 10.7. The predicted octanol–water partition coefficient (Wildman–Crippen LogP) is 4.38. The molecule has 7 heteroatoms. The molecule has 2 aromatic rings. The fraction of sp³-hybridized carbons (Fsp3) is 0.381. The molecule has 0 aliphatic rings. The van der Waals surface area contributed by atoms with Crippen molar-refractivity contribution in [1.29, 1.82) is 0 Å². The van der Waals surface area contributed by atoms with Crippen LogP contribution in [0.5, 0.6) is 0 Å². The second kappa shape index (κ2) is 9.30. The highest BCUT2D eigenvalue weighted by molar-refractivity contribution is 7.89. The number of halogens is 1. The SMILES string of the molecule is CC(C)CN(CC(C)C)S(=O)(=O)c1ccc(NC(=O)c2ccccc2F)cc1. The topological polar surface area (TPSA) is 66.5 Å². The van der Waals surface area contributed by atoms with Gasteiger partial charge in [-0.3, -0.25) is 4.79 Å². The van der Waals surface area contributed by atoms with Crippen LogP contribution in [0.4, 0.5) is 10.1 Å². The van der Waals surface area contributed by atoms with Gasteiger partial charge in [0.05, 0.1) is 10.5 Å². The molecule has 0 aromatic heterocycles. The maximum absolute atomic E-state index is 13.7. The van der Waals surface area contributed by atoms with E-state index in [4.69, 9.17) is 0 Å². The zero-order valence-corrected chi connectivity index (χ0v) is 17.5. The van der Waals surface area contributed by atoms with Gasteiger partial charge in [-0.2, -0.15) is 4.31 Å². The summed E-state index contributed by atoms with van der Waals surface area (Å²) in [7, 11) is -3.63. The zero-order chi connectivity index (χ0) is 20.9. The molecule has 2 aromatic carbocycles. The lowest BCUT2D eigenvalue weighted by atomic mass is 10.2. The number of sulfonamides is 1. The van der Waals surface area contributed by atoms with Crippen molar-refractivity contribution < 1.29 is 17.6 Å². The summed E-state index contributed by atoms with van der Waals surface area (Å²) in [5, 5.41) is 2.58. The number of carbonyl (C=O) groups is 1. The van der Waals surface area contributed by atoms with E-state index < -0.39 is 21.7 Å². The number of hydrogen-bond acceptors (Lipinski definition) is 3. The summed E-state index contributed by atoms with van der Waals surface area (Å²) < 4.78 is 41.2. The predicted molar refractivity (Wildman–Crippen MR) is 109 cm³/mol. The van der Waals surface area contributed by atoms with Gasteiger partial charge in [0, 0.05) is 18.8 Å². The van der Waals surface area contributed by atoms with E-state index >= 15 is 0 Å². The first kappa shape index (κ1) is 22.0. The summed E-state index contributed by atoms with van der Waals surface area (Å²) in [4.78, 5) is 12.4. The molecular weight excluding hydrogens is 379 g/mol. The Hall–Kier alpha value is -2.25. The van der Waals surface area contributed by atoms with Crippen molar-refractivity contribution in [2.24, 2.45) is 11.8 Å². The smallest absolute Gasteiger partial charge is 0.258 e. The molecular formula is C21H27FN2O3S. The van der Waals surface area contributed by atoms with Gasteiger partial charge in [0.25, 0.3) is 5.91 Å². The Bertz CT molecular complexity index is 900. The quantitative estimate of drug-likeness (QED) is 0.707. The Kier molecular flexibility index (Phi) is 7.32. The molecule has 0 radical (unpaired) electrons. The molecule has 28 heavy (non-hydrogen) atoms. The minimum atomic E-state index is -3.63. The van der Waals surface area contributed by atoms with Crippen molar-refractivity contribution in [3.8, 4) is 0 Å². The summed E-state index contributed by atoms with van der Waals surface area (Å²) in [5.74, 6) is -0.798. The molecule has 5 nitrogen and oxygen atoms in total. The third-order valence-electron chi connectivity index (χ3n) is 4.01. The van der Waals surface area contributed by atoms with E-state index in [1.54, 1.807) is 6.07 Å². The average molecular weight is 407 g/mol. The van der Waals surface area contributed by atoms with Gasteiger partial charge < -0.3 is 5.32 Å². The maximum Gasteiger partial charge on any atom is 0.258 e. The molecule has 1 amide bonds. The lowest BCUT2D eigenvalue weighted by molar-refractivity contribution is 0.102. The third-order valence-corrected chi connectivity index (χ3v) is 5.85. The van der Waals surface area contributed by atoms with Crippen molar-refractivity contribution in [3.63, 3.8) is 0 Å². The highest BCUT2D eigenvalue weighted by Crippen LogP contribution is 2.21. The number of hydrogen-bond donors (Lipinski definition) is 1. The molecule has 1 N–H and O–H groups in total. The fourth-order valence-electron chi connectivity index (χ4n) is 2.79. The lowest BCUT2D eigenvalue weighted by Gasteiger charge is -2.25. The van der Waals surface area contributed by atoms with E-state index in [9.17, 15) is 17.6 Å². The molecule has 0 fully saturated rings. The van der Waals surface area contributed by atoms with Crippen LogP contribution in [0.15, 0.2) is 53.4 Å². The molecule has 0 unspecified atom stereocenters. The normalized spacial score (nSPS) is 12.0. The lowest BCUT2D eigenvalue weighted by Crippen LogP contribution is -2.37. The molecule has 0 saturated carbocycles.